The molecule has 0 aromatic carbocycles. The molecule has 19 heavy (non-hydrogen) atoms. The Labute approximate surface area is 114 Å². The summed E-state index contributed by atoms with van der Waals surface area (Å²) in [5.41, 5.74) is 1.02. The molecule has 0 saturated heterocycles. The maximum atomic E-state index is 11.7. The van der Waals surface area contributed by atoms with Crippen LogP contribution in [0.3, 0.4) is 0 Å². The molecule has 104 valence electrons. The van der Waals surface area contributed by atoms with Gasteiger partial charge in [-0.1, -0.05) is 12.2 Å². The number of ether oxygens (including phenoxy) is 1. The molecule has 1 aromatic heterocycles. The van der Waals surface area contributed by atoms with E-state index in [9.17, 15) is 4.79 Å². The molecule has 0 saturated carbocycles. The first kappa shape index (κ1) is 13.9. The number of rotatable bonds is 6. The lowest BCUT2D eigenvalue weighted by molar-refractivity contribution is 0.186. The summed E-state index contributed by atoms with van der Waals surface area (Å²) in [6, 6.07) is 3.46. The molecule has 1 unspecified atom stereocenters. The van der Waals surface area contributed by atoms with Gasteiger partial charge in [0.05, 0.1) is 12.3 Å². The first-order chi connectivity index (χ1) is 9.29. The molecule has 0 amide bonds. The molecule has 0 radical (unpaired) electrons. The Kier molecular flexibility index (Phi) is 5.21. The minimum Gasteiger partial charge on any atom is -0.384 e. The van der Waals surface area contributed by atoms with Crippen molar-refractivity contribution in [2.45, 2.75) is 25.8 Å². The van der Waals surface area contributed by atoms with E-state index in [0.717, 1.165) is 18.7 Å². The van der Waals surface area contributed by atoms with E-state index in [4.69, 9.17) is 4.74 Å². The van der Waals surface area contributed by atoms with E-state index in [-0.39, 0.29) is 5.56 Å². The molecule has 0 aliphatic heterocycles. The lowest BCUT2D eigenvalue weighted by Gasteiger charge is -2.19. The van der Waals surface area contributed by atoms with E-state index in [1.54, 1.807) is 17.7 Å². The molecule has 1 aliphatic rings. The summed E-state index contributed by atoms with van der Waals surface area (Å²) >= 11 is 0. The summed E-state index contributed by atoms with van der Waals surface area (Å²) in [7, 11) is 1.64. The smallest absolute Gasteiger partial charge is 0.250 e. The first-order valence-corrected chi connectivity index (χ1v) is 6.88. The fourth-order valence-electron chi connectivity index (χ4n) is 2.30. The number of nitrogens with zero attached hydrogens (tertiary/aromatic N) is 1. The average molecular weight is 262 g/mol. The normalized spacial score (nSPS) is 18.5. The summed E-state index contributed by atoms with van der Waals surface area (Å²) in [4.78, 5) is 11.7. The molecule has 1 aliphatic carbocycles. The zero-order chi connectivity index (χ0) is 13.5. The average Bonchev–Trinajstić information content (AvgIpc) is 2.46. The maximum Gasteiger partial charge on any atom is 0.250 e. The highest BCUT2D eigenvalue weighted by Gasteiger charge is 2.09. The van der Waals surface area contributed by atoms with Gasteiger partial charge in [-0.25, -0.2) is 0 Å². The molecule has 2 rings (SSSR count). The van der Waals surface area contributed by atoms with E-state index < -0.39 is 0 Å². The van der Waals surface area contributed by atoms with Gasteiger partial charge in [-0.2, -0.15) is 0 Å². The summed E-state index contributed by atoms with van der Waals surface area (Å²) in [6.07, 6.45) is 9.96. The van der Waals surface area contributed by atoms with E-state index in [2.05, 4.69) is 17.5 Å². The highest BCUT2D eigenvalue weighted by atomic mass is 16.5. The minimum absolute atomic E-state index is 0.0169. The molecular formula is C15H22N2O2. The molecular weight excluding hydrogens is 240 g/mol. The zero-order valence-electron chi connectivity index (χ0n) is 11.5. The van der Waals surface area contributed by atoms with Crippen molar-refractivity contribution in [3.8, 4) is 0 Å². The second kappa shape index (κ2) is 7.14. The number of nitrogens with one attached hydrogen (secondary N) is 1. The van der Waals surface area contributed by atoms with Gasteiger partial charge < -0.3 is 14.6 Å². The summed E-state index contributed by atoms with van der Waals surface area (Å²) in [5.74, 6) is 0.698. The standard InChI is InChI=1S/C15H22N2O2/c1-19-10-9-17-12-14(7-8-15(17)18)16-11-13-5-3-2-4-6-13/h2-3,7-8,12-13,16H,4-6,9-11H2,1H3. The van der Waals surface area contributed by atoms with Gasteiger partial charge in [0.25, 0.3) is 5.56 Å². The monoisotopic (exact) mass is 262 g/mol. The van der Waals surface area contributed by atoms with Gasteiger partial charge in [0.15, 0.2) is 0 Å². The van der Waals surface area contributed by atoms with Gasteiger partial charge in [0, 0.05) is 32.5 Å². The van der Waals surface area contributed by atoms with Gasteiger partial charge >= 0.3 is 0 Å². The van der Waals surface area contributed by atoms with Crippen LogP contribution in [0.15, 0.2) is 35.3 Å². The summed E-state index contributed by atoms with van der Waals surface area (Å²) < 4.78 is 6.70. The second-order valence-electron chi connectivity index (χ2n) is 4.97. The third-order valence-electron chi connectivity index (χ3n) is 3.49. The van der Waals surface area contributed by atoms with Crippen molar-refractivity contribution in [1.82, 2.24) is 4.57 Å². The fourth-order valence-corrected chi connectivity index (χ4v) is 2.30. The number of pyridine rings is 1. The lowest BCUT2D eigenvalue weighted by Crippen LogP contribution is -2.22. The third-order valence-corrected chi connectivity index (χ3v) is 3.49. The van der Waals surface area contributed by atoms with Crippen LogP contribution in [0.4, 0.5) is 5.69 Å². The van der Waals surface area contributed by atoms with Crippen molar-refractivity contribution in [3.05, 3.63) is 40.8 Å². The van der Waals surface area contributed by atoms with Crippen LogP contribution in [-0.4, -0.2) is 24.8 Å². The third kappa shape index (κ3) is 4.24. The Morgan fingerprint density at radius 3 is 3.05 bits per heavy atom. The number of aromatic nitrogens is 1. The highest BCUT2D eigenvalue weighted by Crippen LogP contribution is 2.18. The fraction of sp³-hybridized carbons (Fsp3) is 0.533. The number of hydrogen-bond donors (Lipinski definition) is 1. The topological polar surface area (TPSA) is 43.3 Å². The van der Waals surface area contributed by atoms with Crippen molar-refractivity contribution in [2.75, 3.05) is 25.6 Å². The van der Waals surface area contributed by atoms with Gasteiger partial charge in [-0.15, -0.1) is 0 Å². The molecule has 4 heteroatoms. The first-order valence-electron chi connectivity index (χ1n) is 6.88. The highest BCUT2D eigenvalue weighted by molar-refractivity contribution is 5.40. The van der Waals surface area contributed by atoms with Crippen LogP contribution in [0.1, 0.15) is 19.3 Å². The molecule has 1 N–H and O–H groups in total. The Balaban J connectivity index is 1.92. The van der Waals surface area contributed by atoms with Gasteiger partial charge in [-0.05, 0) is 31.2 Å². The van der Waals surface area contributed by atoms with E-state index in [1.165, 1.54) is 12.8 Å². The Bertz CT molecular complexity index is 479. The predicted octanol–water partition coefficient (Wildman–Crippen LogP) is 2.26. The Hall–Kier alpha value is -1.55. The van der Waals surface area contributed by atoms with Crippen molar-refractivity contribution in [2.24, 2.45) is 5.92 Å². The Morgan fingerprint density at radius 2 is 2.32 bits per heavy atom. The van der Waals surface area contributed by atoms with Crippen LogP contribution in [0, 0.1) is 5.92 Å². The van der Waals surface area contributed by atoms with Gasteiger partial charge in [-0.3, -0.25) is 4.79 Å². The largest absolute Gasteiger partial charge is 0.384 e. The number of methoxy groups -OCH3 is 1. The van der Waals surface area contributed by atoms with Crippen molar-refractivity contribution >= 4 is 5.69 Å². The van der Waals surface area contributed by atoms with Crippen molar-refractivity contribution in [3.63, 3.8) is 0 Å². The summed E-state index contributed by atoms with van der Waals surface area (Å²) in [5, 5.41) is 3.42. The minimum atomic E-state index is 0.0169. The molecule has 1 atom stereocenters. The number of anilines is 1. The summed E-state index contributed by atoms with van der Waals surface area (Å²) in [6.45, 7) is 2.11. The molecule has 1 heterocycles. The van der Waals surface area contributed by atoms with E-state index in [1.807, 2.05) is 12.3 Å². The number of hydrogen-bond acceptors (Lipinski definition) is 3. The molecule has 0 fully saturated rings. The molecule has 0 bridgehead atoms. The second-order valence-corrected chi connectivity index (χ2v) is 4.97. The zero-order valence-corrected chi connectivity index (χ0v) is 11.5. The SMILES string of the molecule is COCCn1cc(NCC2CC=CCC2)ccc1=O. The van der Waals surface area contributed by atoms with E-state index >= 15 is 0 Å². The Morgan fingerprint density at radius 1 is 1.42 bits per heavy atom. The van der Waals surface area contributed by atoms with Gasteiger partial charge in [0.1, 0.15) is 0 Å². The quantitative estimate of drug-likeness (QED) is 0.800. The lowest BCUT2D eigenvalue weighted by atomic mass is 9.94. The van der Waals surface area contributed by atoms with Crippen LogP contribution < -0.4 is 10.9 Å². The van der Waals surface area contributed by atoms with Crippen LogP contribution in [0.5, 0.6) is 0 Å². The van der Waals surface area contributed by atoms with Crippen LogP contribution in [0.2, 0.25) is 0 Å². The van der Waals surface area contributed by atoms with Gasteiger partial charge in [0.2, 0.25) is 0 Å². The van der Waals surface area contributed by atoms with Crippen molar-refractivity contribution < 1.29 is 4.74 Å². The van der Waals surface area contributed by atoms with Crippen LogP contribution >= 0.6 is 0 Å². The molecule has 1 aromatic rings. The van der Waals surface area contributed by atoms with Crippen LogP contribution in [0.25, 0.3) is 0 Å². The predicted molar refractivity (Wildman–Crippen MR) is 77.5 cm³/mol. The molecule has 0 spiro atoms. The van der Waals surface area contributed by atoms with Crippen LogP contribution in [-0.2, 0) is 11.3 Å². The van der Waals surface area contributed by atoms with E-state index in [0.29, 0.717) is 19.1 Å². The maximum absolute atomic E-state index is 11.7. The van der Waals surface area contributed by atoms with Crippen molar-refractivity contribution in [1.29, 1.82) is 0 Å². The number of allylic oxidation sites excluding steroid dienone is 2. The molecule has 4 nitrogen and oxygen atoms in total.